The lowest BCUT2D eigenvalue weighted by Crippen LogP contribution is -2.22. The van der Waals surface area contributed by atoms with Crippen molar-refractivity contribution in [2.24, 2.45) is 0 Å². The van der Waals surface area contributed by atoms with Crippen molar-refractivity contribution in [1.29, 1.82) is 0 Å². The van der Waals surface area contributed by atoms with Crippen molar-refractivity contribution in [1.82, 2.24) is 0 Å². The number of carboxylic acid groups (broad SMARTS) is 1. The number of benzene rings is 3. The number of aromatic hydroxyl groups is 1. The minimum Gasteiger partial charge on any atom is -0.507 e. The lowest BCUT2D eigenvalue weighted by molar-refractivity contribution is -0.147. The van der Waals surface area contributed by atoms with Gasteiger partial charge in [-0.2, -0.15) is 0 Å². The number of anilines is 1. The van der Waals surface area contributed by atoms with Crippen LogP contribution in [0.2, 0.25) is 5.02 Å². The second-order valence-electron chi connectivity index (χ2n) is 7.83. The van der Waals surface area contributed by atoms with Gasteiger partial charge in [0.05, 0.1) is 4.90 Å². The van der Waals surface area contributed by atoms with Crippen molar-refractivity contribution in [3.63, 3.8) is 0 Å². The minimum atomic E-state index is -4.04. The Hall–Kier alpha value is -3.56. The summed E-state index contributed by atoms with van der Waals surface area (Å²) >= 11 is 5.85. The molecule has 176 valence electrons. The quantitative estimate of drug-likeness (QED) is 0.439. The summed E-state index contributed by atoms with van der Waals surface area (Å²) in [6.07, 6.45) is 2.07. The molecule has 10 heteroatoms. The highest BCUT2D eigenvalue weighted by Crippen LogP contribution is 2.42. The second-order valence-corrected chi connectivity index (χ2v) is 10.2. The molecule has 0 heterocycles. The van der Waals surface area contributed by atoms with Crippen LogP contribution in [0.3, 0.4) is 0 Å². The summed E-state index contributed by atoms with van der Waals surface area (Å²) in [4.78, 5) is 22.3. The van der Waals surface area contributed by atoms with Crippen LogP contribution in [0.5, 0.6) is 17.2 Å². The molecular formula is C24H20ClNO7S. The number of phenolic OH excluding ortho intramolecular Hbond substituents is 1. The smallest absolute Gasteiger partial charge is 0.394 e. The van der Waals surface area contributed by atoms with Crippen LogP contribution in [0, 0.1) is 6.92 Å². The lowest BCUT2D eigenvalue weighted by Gasteiger charge is -2.18. The maximum Gasteiger partial charge on any atom is 0.394 e. The topological polar surface area (TPSA) is 130 Å². The largest absolute Gasteiger partial charge is 0.507 e. The Bertz CT molecular complexity index is 1420. The number of amides is 1. The van der Waals surface area contributed by atoms with Gasteiger partial charge in [0.15, 0.2) is 0 Å². The fourth-order valence-electron chi connectivity index (χ4n) is 3.96. The highest BCUT2D eigenvalue weighted by Gasteiger charge is 2.26. The molecule has 8 nitrogen and oxygen atoms in total. The SMILES string of the molecule is Cc1cc(NC(=O)C(=O)O)c2c(c1Oc1ccc(O)c(S(=O)(=O)c3ccc(Cl)cc3)c1)CCC2. The van der Waals surface area contributed by atoms with Gasteiger partial charge in [-0.3, -0.25) is 4.79 Å². The molecule has 0 bridgehead atoms. The molecular weight excluding hydrogens is 482 g/mol. The van der Waals surface area contributed by atoms with Crippen molar-refractivity contribution in [3.05, 3.63) is 70.2 Å². The van der Waals surface area contributed by atoms with E-state index in [-0.39, 0.29) is 15.5 Å². The third kappa shape index (κ3) is 4.44. The molecule has 0 fully saturated rings. The fraction of sp³-hybridized carbons (Fsp3) is 0.167. The summed E-state index contributed by atoms with van der Waals surface area (Å²) < 4.78 is 32.2. The zero-order valence-corrected chi connectivity index (χ0v) is 19.5. The number of carbonyl (C=O) groups is 2. The van der Waals surface area contributed by atoms with Gasteiger partial charge in [0.25, 0.3) is 0 Å². The van der Waals surface area contributed by atoms with E-state index in [2.05, 4.69) is 5.32 Å². The number of ether oxygens (including phenoxy) is 1. The first-order chi connectivity index (χ1) is 16.1. The number of carbonyl (C=O) groups excluding carboxylic acids is 1. The maximum atomic E-state index is 13.1. The number of halogens is 1. The van der Waals surface area contributed by atoms with E-state index in [1.54, 1.807) is 13.0 Å². The van der Waals surface area contributed by atoms with Gasteiger partial charge in [-0.1, -0.05) is 11.6 Å². The molecule has 1 aliphatic carbocycles. The van der Waals surface area contributed by atoms with Gasteiger partial charge in [0.2, 0.25) is 9.84 Å². The molecule has 34 heavy (non-hydrogen) atoms. The first-order valence-corrected chi connectivity index (χ1v) is 12.1. The molecule has 3 N–H and O–H groups in total. The van der Waals surface area contributed by atoms with E-state index < -0.39 is 27.5 Å². The van der Waals surface area contributed by atoms with Gasteiger partial charge in [-0.05, 0) is 79.8 Å². The normalized spacial score (nSPS) is 12.8. The van der Waals surface area contributed by atoms with Crippen LogP contribution in [0.25, 0.3) is 0 Å². The molecule has 3 aromatic carbocycles. The van der Waals surface area contributed by atoms with E-state index in [1.165, 1.54) is 42.5 Å². The molecule has 0 atom stereocenters. The molecule has 0 saturated heterocycles. The van der Waals surface area contributed by atoms with E-state index >= 15 is 0 Å². The number of rotatable bonds is 5. The average molecular weight is 502 g/mol. The third-order valence-corrected chi connectivity index (χ3v) is 7.59. The Morgan fingerprint density at radius 1 is 1.03 bits per heavy atom. The van der Waals surface area contributed by atoms with Gasteiger partial charge in [0, 0.05) is 22.3 Å². The summed E-state index contributed by atoms with van der Waals surface area (Å²) in [5.41, 5.74) is 2.65. The van der Waals surface area contributed by atoms with E-state index in [9.17, 15) is 23.1 Å². The fourth-order valence-corrected chi connectivity index (χ4v) is 5.45. The number of hydrogen-bond acceptors (Lipinski definition) is 6. The molecule has 0 saturated carbocycles. The van der Waals surface area contributed by atoms with Crippen molar-refractivity contribution in [2.45, 2.75) is 36.0 Å². The Labute approximate surface area is 200 Å². The number of phenols is 1. The van der Waals surface area contributed by atoms with E-state index in [4.69, 9.17) is 21.4 Å². The Morgan fingerprint density at radius 2 is 1.71 bits per heavy atom. The van der Waals surface area contributed by atoms with Crippen molar-refractivity contribution >= 4 is 39.0 Å². The van der Waals surface area contributed by atoms with Crippen LogP contribution in [-0.2, 0) is 32.3 Å². The van der Waals surface area contributed by atoms with Gasteiger partial charge in [-0.15, -0.1) is 0 Å². The predicted molar refractivity (Wildman–Crippen MR) is 125 cm³/mol. The van der Waals surface area contributed by atoms with Crippen LogP contribution in [0.15, 0.2) is 58.3 Å². The summed E-state index contributed by atoms with van der Waals surface area (Å²) in [5, 5.41) is 22.0. The van der Waals surface area contributed by atoms with Crippen molar-refractivity contribution in [2.75, 3.05) is 5.32 Å². The first kappa shape index (κ1) is 23.6. The molecule has 1 amide bonds. The van der Waals surface area contributed by atoms with E-state index in [0.29, 0.717) is 34.9 Å². The molecule has 0 spiro atoms. The average Bonchev–Trinajstić information content (AvgIpc) is 3.27. The summed E-state index contributed by atoms with van der Waals surface area (Å²) in [6, 6.07) is 11.2. The number of carboxylic acids is 1. The molecule has 3 aromatic rings. The van der Waals surface area contributed by atoms with Gasteiger partial charge in [-0.25, -0.2) is 13.2 Å². The summed E-state index contributed by atoms with van der Waals surface area (Å²) in [7, 11) is -4.04. The molecule has 1 aliphatic rings. The van der Waals surface area contributed by atoms with Gasteiger partial charge in [0.1, 0.15) is 22.1 Å². The van der Waals surface area contributed by atoms with Crippen molar-refractivity contribution < 1.29 is 33.0 Å². The minimum absolute atomic E-state index is 0.0278. The van der Waals surface area contributed by atoms with Gasteiger partial charge >= 0.3 is 11.9 Å². The monoisotopic (exact) mass is 501 g/mol. The first-order valence-electron chi connectivity index (χ1n) is 10.3. The zero-order valence-electron chi connectivity index (χ0n) is 18.0. The zero-order chi connectivity index (χ0) is 24.6. The second kappa shape index (κ2) is 9.00. The standard InChI is InChI=1S/C24H20ClNO7S/c1-13-11-19(26-23(28)24(29)30)17-3-2-4-18(17)22(13)33-15-7-10-20(27)21(12-15)34(31,32)16-8-5-14(25)6-9-16/h5-12,27H,2-4H2,1H3,(H,26,28)(H,29,30). The van der Waals surface area contributed by atoms with E-state index in [1.807, 2.05) is 0 Å². The van der Waals surface area contributed by atoms with Crippen LogP contribution in [-0.4, -0.2) is 30.5 Å². The van der Waals surface area contributed by atoms with Crippen LogP contribution in [0.4, 0.5) is 5.69 Å². The number of sulfone groups is 1. The highest BCUT2D eigenvalue weighted by atomic mass is 35.5. The number of aryl methyl sites for hydroxylation is 1. The van der Waals surface area contributed by atoms with Crippen LogP contribution < -0.4 is 10.1 Å². The molecule has 0 aliphatic heterocycles. The molecule has 0 unspecified atom stereocenters. The van der Waals surface area contributed by atoms with Crippen LogP contribution >= 0.6 is 11.6 Å². The third-order valence-electron chi connectivity index (χ3n) is 5.54. The Morgan fingerprint density at radius 3 is 2.38 bits per heavy atom. The summed E-state index contributed by atoms with van der Waals surface area (Å²) in [5.74, 6) is -2.43. The van der Waals surface area contributed by atoms with Gasteiger partial charge < -0.3 is 20.3 Å². The van der Waals surface area contributed by atoms with Crippen molar-refractivity contribution in [3.8, 4) is 17.2 Å². The Balaban J connectivity index is 1.72. The number of aliphatic carboxylic acids is 1. The summed E-state index contributed by atoms with van der Waals surface area (Å²) in [6.45, 7) is 1.75. The lowest BCUT2D eigenvalue weighted by atomic mass is 10.0. The molecule has 0 aromatic heterocycles. The van der Waals surface area contributed by atoms with Crippen LogP contribution in [0.1, 0.15) is 23.1 Å². The predicted octanol–water partition coefficient (Wildman–Crippen LogP) is 4.49. The molecule has 4 rings (SSSR count). The number of hydrogen-bond donors (Lipinski definition) is 3. The number of nitrogens with one attached hydrogen (secondary N) is 1. The molecule has 0 radical (unpaired) electrons. The highest BCUT2D eigenvalue weighted by molar-refractivity contribution is 7.91. The maximum absolute atomic E-state index is 13.1. The van der Waals surface area contributed by atoms with E-state index in [0.717, 1.165) is 17.5 Å². The Kier molecular flexibility index (Phi) is 6.24. The number of fused-ring (bicyclic) bond motifs is 1.